The Hall–Kier alpha value is -3.07. The number of sulfonamides is 1. The topological polar surface area (TPSA) is 124 Å². The maximum Gasteiger partial charge on any atom is 0.323 e. The Morgan fingerprint density at radius 2 is 1.74 bits per heavy atom. The summed E-state index contributed by atoms with van der Waals surface area (Å²) in [7, 11) is -3.84. The highest BCUT2D eigenvalue weighted by Gasteiger charge is 2.16. The van der Waals surface area contributed by atoms with E-state index < -0.39 is 15.7 Å². The summed E-state index contributed by atoms with van der Waals surface area (Å²) in [6.07, 6.45) is 0.820. The molecule has 0 spiro atoms. The van der Waals surface area contributed by atoms with E-state index >= 15 is 0 Å². The molecule has 0 saturated carbocycles. The van der Waals surface area contributed by atoms with Gasteiger partial charge >= 0.3 is 5.69 Å². The molecule has 1 amide bonds. The van der Waals surface area contributed by atoms with Crippen molar-refractivity contribution in [1.29, 1.82) is 0 Å². The minimum Gasteiger partial charge on any atom is -0.350 e. The fourth-order valence-electron chi connectivity index (χ4n) is 2.49. The maximum atomic E-state index is 12.6. The van der Waals surface area contributed by atoms with Crippen LogP contribution in [0.2, 0.25) is 0 Å². The number of rotatable bonds is 6. The summed E-state index contributed by atoms with van der Waals surface area (Å²) in [5.74, 6) is -0.208. The van der Waals surface area contributed by atoms with Gasteiger partial charge in [-0.05, 0) is 55.8 Å². The van der Waals surface area contributed by atoms with Crippen molar-refractivity contribution in [2.45, 2.75) is 31.2 Å². The summed E-state index contributed by atoms with van der Waals surface area (Å²) in [6.45, 7) is 3.89. The van der Waals surface area contributed by atoms with E-state index in [1.54, 1.807) is 12.1 Å². The Balaban J connectivity index is 1.78. The van der Waals surface area contributed by atoms with E-state index in [2.05, 4.69) is 20.0 Å². The second-order valence-corrected chi connectivity index (χ2v) is 7.93. The number of carbonyl (C=O) groups is 1. The van der Waals surface area contributed by atoms with Crippen LogP contribution in [-0.2, 0) is 10.0 Å². The Bertz CT molecular complexity index is 1130. The van der Waals surface area contributed by atoms with Crippen molar-refractivity contribution in [3.8, 4) is 0 Å². The van der Waals surface area contributed by atoms with E-state index in [-0.39, 0.29) is 16.8 Å². The van der Waals surface area contributed by atoms with Gasteiger partial charge in [0.15, 0.2) is 0 Å². The van der Waals surface area contributed by atoms with E-state index in [1.165, 1.54) is 30.3 Å². The average molecular weight is 388 g/mol. The molecule has 0 fully saturated rings. The molecule has 1 atom stereocenters. The van der Waals surface area contributed by atoms with Crippen LogP contribution in [0.3, 0.4) is 0 Å². The van der Waals surface area contributed by atoms with Crippen LogP contribution in [0.15, 0.2) is 52.2 Å². The first-order valence-electron chi connectivity index (χ1n) is 8.44. The second-order valence-electron chi connectivity index (χ2n) is 6.25. The monoisotopic (exact) mass is 388 g/mol. The molecule has 0 radical (unpaired) electrons. The van der Waals surface area contributed by atoms with Gasteiger partial charge in [-0.3, -0.25) is 9.52 Å². The summed E-state index contributed by atoms with van der Waals surface area (Å²) >= 11 is 0. The van der Waals surface area contributed by atoms with Gasteiger partial charge in [0.2, 0.25) is 0 Å². The molecular formula is C18H20N4O4S. The summed E-state index contributed by atoms with van der Waals surface area (Å²) in [6, 6.07) is 10.5. The maximum absolute atomic E-state index is 12.6. The zero-order valence-corrected chi connectivity index (χ0v) is 15.7. The van der Waals surface area contributed by atoms with E-state index in [1.807, 2.05) is 13.8 Å². The van der Waals surface area contributed by atoms with Gasteiger partial charge in [0.1, 0.15) is 0 Å². The molecule has 0 saturated heterocycles. The number of hydrogen-bond acceptors (Lipinski definition) is 4. The van der Waals surface area contributed by atoms with Crippen molar-refractivity contribution >= 4 is 32.7 Å². The fraction of sp³-hybridized carbons (Fsp3) is 0.222. The van der Waals surface area contributed by atoms with E-state index in [0.717, 1.165) is 6.42 Å². The van der Waals surface area contributed by atoms with Crippen LogP contribution in [0.4, 0.5) is 5.69 Å². The van der Waals surface area contributed by atoms with Gasteiger partial charge in [-0.15, -0.1) is 0 Å². The van der Waals surface area contributed by atoms with Gasteiger partial charge in [-0.25, -0.2) is 13.2 Å². The third kappa shape index (κ3) is 4.20. The van der Waals surface area contributed by atoms with Gasteiger partial charge in [-0.2, -0.15) is 0 Å². The molecule has 142 valence electrons. The van der Waals surface area contributed by atoms with Crippen molar-refractivity contribution in [2.24, 2.45) is 0 Å². The number of aromatic amines is 2. The molecule has 8 nitrogen and oxygen atoms in total. The highest BCUT2D eigenvalue weighted by Crippen LogP contribution is 2.19. The number of anilines is 1. The predicted molar refractivity (Wildman–Crippen MR) is 103 cm³/mol. The Kier molecular flexibility index (Phi) is 5.04. The van der Waals surface area contributed by atoms with Crippen LogP contribution in [-0.4, -0.2) is 30.3 Å². The first-order valence-corrected chi connectivity index (χ1v) is 9.92. The normalized spacial score (nSPS) is 12.7. The lowest BCUT2D eigenvalue weighted by molar-refractivity contribution is 0.0939. The van der Waals surface area contributed by atoms with Gasteiger partial charge < -0.3 is 15.3 Å². The predicted octanol–water partition coefficient (Wildman–Crippen LogP) is 2.19. The summed E-state index contributed by atoms with van der Waals surface area (Å²) < 4.78 is 27.6. The van der Waals surface area contributed by atoms with Gasteiger partial charge in [0.05, 0.1) is 15.9 Å². The van der Waals surface area contributed by atoms with Crippen molar-refractivity contribution in [3.63, 3.8) is 0 Å². The van der Waals surface area contributed by atoms with E-state index in [0.29, 0.717) is 22.3 Å². The van der Waals surface area contributed by atoms with Crippen molar-refractivity contribution < 1.29 is 13.2 Å². The number of nitrogens with one attached hydrogen (secondary N) is 4. The molecule has 2 aromatic carbocycles. The second kappa shape index (κ2) is 7.28. The molecule has 4 N–H and O–H groups in total. The molecule has 0 aliphatic rings. The van der Waals surface area contributed by atoms with Crippen molar-refractivity contribution in [2.75, 3.05) is 4.72 Å². The highest BCUT2D eigenvalue weighted by molar-refractivity contribution is 7.92. The fourth-order valence-corrected chi connectivity index (χ4v) is 3.58. The van der Waals surface area contributed by atoms with Crippen LogP contribution in [0.5, 0.6) is 0 Å². The van der Waals surface area contributed by atoms with E-state index in [4.69, 9.17) is 0 Å². The van der Waals surface area contributed by atoms with Crippen LogP contribution < -0.4 is 15.7 Å². The van der Waals surface area contributed by atoms with Gasteiger partial charge in [0, 0.05) is 17.3 Å². The van der Waals surface area contributed by atoms with Crippen molar-refractivity contribution in [3.05, 3.63) is 58.5 Å². The number of aromatic nitrogens is 2. The number of carbonyl (C=O) groups excluding carboxylic acids is 1. The standard InChI is InChI=1S/C18H20N4O4S/c1-3-11(2)19-17(23)12-4-6-13(7-5-12)22-27(25,26)14-8-9-15-16(10-14)21-18(24)20-15/h4-11,22H,3H2,1-2H3,(H,19,23)(H2,20,21,24)/t11-/m1/s1. The number of hydrogen-bond donors (Lipinski definition) is 4. The number of benzene rings is 2. The van der Waals surface area contributed by atoms with Crippen LogP contribution in [0.1, 0.15) is 30.6 Å². The molecule has 0 bridgehead atoms. The smallest absolute Gasteiger partial charge is 0.323 e. The number of H-pyrrole nitrogens is 2. The van der Waals surface area contributed by atoms with Crippen LogP contribution in [0, 0.1) is 0 Å². The lowest BCUT2D eigenvalue weighted by Gasteiger charge is -2.12. The first kappa shape index (κ1) is 18.7. The number of amides is 1. The Labute approximate surface area is 156 Å². The summed E-state index contributed by atoms with van der Waals surface area (Å²) in [5.41, 5.74) is 1.30. The van der Waals surface area contributed by atoms with E-state index in [9.17, 15) is 18.0 Å². The Morgan fingerprint density at radius 1 is 1.07 bits per heavy atom. The zero-order valence-electron chi connectivity index (χ0n) is 14.9. The third-order valence-electron chi connectivity index (χ3n) is 4.19. The molecule has 1 heterocycles. The molecule has 9 heteroatoms. The quantitative estimate of drug-likeness (QED) is 0.517. The molecule has 27 heavy (non-hydrogen) atoms. The van der Waals surface area contributed by atoms with Crippen molar-refractivity contribution in [1.82, 2.24) is 15.3 Å². The number of fused-ring (bicyclic) bond motifs is 1. The third-order valence-corrected chi connectivity index (χ3v) is 5.57. The van der Waals surface area contributed by atoms with Crippen LogP contribution in [0.25, 0.3) is 11.0 Å². The number of imidazole rings is 1. The molecule has 1 aromatic heterocycles. The lowest BCUT2D eigenvalue weighted by Crippen LogP contribution is -2.31. The summed E-state index contributed by atoms with van der Waals surface area (Å²) in [5, 5.41) is 2.85. The highest BCUT2D eigenvalue weighted by atomic mass is 32.2. The zero-order chi connectivity index (χ0) is 19.6. The molecule has 0 aliphatic carbocycles. The SMILES string of the molecule is CC[C@@H](C)NC(=O)c1ccc(NS(=O)(=O)c2ccc3[nH]c(=O)[nH]c3c2)cc1. The molecule has 3 rings (SSSR count). The molecular weight excluding hydrogens is 368 g/mol. The average Bonchev–Trinajstić information content (AvgIpc) is 3.01. The molecule has 0 aliphatic heterocycles. The molecule has 3 aromatic rings. The lowest BCUT2D eigenvalue weighted by atomic mass is 10.1. The van der Waals surface area contributed by atoms with Gasteiger partial charge in [-0.1, -0.05) is 6.92 Å². The first-order chi connectivity index (χ1) is 12.8. The van der Waals surface area contributed by atoms with Crippen LogP contribution >= 0.6 is 0 Å². The molecule has 0 unspecified atom stereocenters. The minimum atomic E-state index is -3.84. The largest absolute Gasteiger partial charge is 0.350 e. The summed E-state index contributed by atoms with van der Waals surface area (Å²) in [4.78, 5) is 28.5. The minimum absolute atomic E-state index is 0.0174. The van der Waals surface area contributed by atoms with Gasteiger partial charge in [0.25, 0.3) is 15.9 Å². The Morgan fingerprint density at radius 3 is 2.41 bits per heavy atom.